The third kappa shape index (κ3) is 24.4. The molecular weight excluding hydrogens is 228 g/mol. The lowest BCUT2D eigenvalue weighted by Gasteiger charge is -2.10. The molecule has 18 heavy (non-hydrogen) atoms. The monoisotopic (exact) mass is 258 g/mol. The van der Waals surface area contributed by atoms with Crippen LogP contribution in [0, 0.1) is 5.92 Å². The third-order valence-electron chi connectivity index (χ3n) is 2.53. The molecule has 0 bridgehead atoms. The molecule has 0 saturated carbocycles. The molecule has 2 unspecified atom stereocenters. The maximum atomic E-state index is 9.10. The normalized spacial score (nSPS) is 13.0. The molecule has 3 heteroatoms. The first-order valence-corrected chi connectivity index (χ1v) is 6.76. The average Bonchev–Trinajstić information content (AvgIpc) is 2.15. The van der Waals surface area contributed by atoms with E-state index in [0.717, 1.165) is 25.7 Å². The molecule has 0 aliphatic carbocycles. The Labute approximate surface area is 112 Å². The number of carbonyl (C=O) groups is 1. The van der Waals surface area contributed by atoms with Gasteiger partial charge >= 0.3 is 0 Å². The van der Waals surface area contributed by atoms with Crippen LogP contribution in [0.1, 0.15) is 66.7 Å². The largest absolute Gasteiger partial charge is 0.481 e. The van der Waals surface area contributed by atoms with Crippen molar-refractivity contribution < 1.29 is 15.0 Å². The van der Waals surface area contributed by atoms with Crippen LogP contribution in [-0.4, -0.2) is 22.3 Å². The lowest BCUT2D eigenvalue weighted by atomic mass is 9.97. The van der Waals surface area contributed by atoms with Gasteiger partial charge in [0.25, 0.3) is 5.97 Å². The molecule has 0 amide bonds. The van der Waals surface area contributed by atoms with Gasteiger partial charge in [0.1, 0.15) is 0 Å². The molecule has 108 valence electrons. The summed E-state index contributed by atoms with van der Waals surface area (Å²) in [6.45, 7) is 9.56. The van der Waals surface area contributed by atoms with Gasteiger partial charge in [0, 0.05) is 6.92 Å². The van der Waals surface area contributed by atoms with Gasteiger partial charge in [-0.3, -0.25) is 4.79 Å². The molecule has 0 aliphatic heterocycles. The number of aliphatic hydroxyl groups excluding tert-OH is 1. The van der Waals surface area contributed by atoms with E-state index in [-0.39, 0.29) is 6.10 Å². The Morgan fingerprint density at radius 1 is 1.11 bits per heavy atom. The van der Waals surface area contributed by atoms with Crippen molar-refractivity contribution in [3.63, 3.8) is 0 Å². The fourth-order valence-electron chi connectivity index (χ4n) is 1.56. The molecule has 0 aliphatic rings. The molecule has 0 aromatic rings. The number of rotatable bonds is 7. The van der Waals surface area contributed by atoms with Crippen molar-refractivity contribution in [3.05, 3.63) is 11.6 Å². The van der Waals surface area contributed by atoms with Crippen molar-refractivity contribution in [3.8, 4) is 0 Å². The SMILES string of the molecule is CC(=O)O.CC(C)=CCCC(C)CCCC(C)O. The van der Waals surface area contributed by atoms with Crippen LogP contribution in [0.25, 0.3) is 0 Å². The second-order valence-corrected chi connectivity index (χ2v) is 5.26. The highest BCUT2D eigenvalue weighted by atomic mass is 16.4. The van der Waals surface area contributed by atoms with Crippen LogP contribution in [-0.2, 0) is 4.79 Å². The summed E-state index contributed by atoms with van der Waals surface area (Å²) in [4.78, 5) is 9.00. The van der Waals surface area contributed by atoms with Crippen molar-refractivity contribution in [1.29, 1.82) is 0 Å². The molecule has 0 heterocycles. The minimum atomic E-state index is -0.833. The van der Waals surface area contributed by atoms with Gasteiger partial charge < -0.3 is 10.2 Å². The van der Waals surface area contributed by atoms with E-state index in [1.165, 1.54) is 24.8 Å². The average molecular weight is 258 g/mol. The van der Waals surface area contributed by atoms with Crippen LogP contribution in [0.3, 0.4) is 0 Å². The highest BCUT2D eigenvalue weighted by molar-refractivity contribution is 5.62. The Morgan fingerprint density at radius 2 is 1.61 bits per heavy atom. The molecule has 0 fully saturated rings. The first-order valence-electron chi connectivity index (χ1n) is 6.76. The number of allylic oxidation sites excluding steroid dienone is 2. The lowest BCUT2D eigenvalue weighted by molar-refractivity contribution is -0.134. The number of aliphatic hydroxyl groups is 1. The minimum Gasteiger partial charge on any atom is -0.481 e. The van der Waals surface area contributed by atoms with Crippen molar-refractivity contribution in [2.75, 3.05) is 0 Å². The summed E-state index contributed by atoms with van der Waals surface area (Å²) in [6.07, 6.45) is 8.04. The van der Waals surface area contributed by atoms with Crippen molar-refractivity contribution in [1.82, 2.24) is 0 Å². The predicted molar refractivity (Wildman–Crippen MR) is 76.7 cm³/mol. The zero-order valence-electron chi connectivity index (χ0n) is 12.6. The second-order valence-electron chi connectivity index (χ2n) is 5.26. The summed E-state index contributed by atoms with van der Waals surface area (Å²) in [5.41, 5.74) is 1.42. The van der Waals surface area contributed by atoms with Crippen LogP contribution < -0.4 is 0 Å². The molecule has 0 spiro atoms. The molecule has 0 rings (SSSR count). The van der Waals surface area contributed by atoms with E-state index in [1.807, 2.05) is 6.92 Å². The summed E-state index contributed by atoms with van der Waals surface area (Å²) >= 11 is 0. The Morgan fingerprint density at radius 3 is 2.00 bits per heavy atom. The van der Waals surface area contributed by atoms with E-state index in [0.29, 0.717) is 0 Å². The summed E-state index contributed by atoms with van der Waals surface area (Å²) in [6, 6.07) is 0. The molecule has 0 aromatic heterocycles. The summed E-state index contributed by atoms with van der Waals surface area (Å²) in [7, 11) is 0. The Hall–Kier alpha value is -0.830. The quantitative estimate of drug-likeness (QED) is 0.678. The van der Waals surface area contributed by atoms with Gasteiger partial charge in [-0.1, -0.05) is 31.4 Å². The molecular formula is C15H30O3. The Kier molecular flexibility index (Phi) is 13.7. The number of hydrogen-bond donors (Lipinski definition) is 2. The van der Waals surface area contributed by atoms with E-state index < -0.39 is 5.97 Å². The van der Waals surface area contributed by atoms with Crippen molar-refractivity contribution in [2.24, 2.45) is 5.92 Å². The van der Waals surface area contributed by atoms with Crippen LogP contribution in [0.4, 0.5) is 0 Å². The molecule has 0 aromatic carbocycles. The maximum absolute atomic E-state index is 9.10. The van der Waals surface area contributed by atoms with Gasteiger partial charge in [0.15, 0.2) is 0 Å². The third-order valence-corrected chi connectivity index (χ3v) is 2.53. The zero-order valence-corrected chi connectivity index (χ0v) is 12.6. The van der Waals surface area contributed by atoms with E-state index in [4.69, 9.17) is 15.0 Å². The summed E-state index contributed by atoms with van der Waals surface area (Å²) in [5.74, 6) is -0.0376. The van der Waals surface area contributed by atoms with Gasteiger partial charge in [-0.25, -0.2) is 0 Å². The topological polar surface area (TPSA) is 57.5 Å². The van der Waals surface area contributed by atoms with Gasteiger partial charge in [0.05, 0.1) is 6.10 Å². The van der Waals surface area contributed by atoms with E-state index in [2.05, 4.69) is 26.8 Å². The van der Waals surface area contributed by atoms with Gasteiger partial charge in [-0.15, -0.1) is 0 Å². The zero-order chi connectivity index (χ0) is 14.6. The number of carboxylic acid groups (broad SMARTS) is 1. The standard InChI is InChI=1S/C13H26O.C2H4O2/c1-11(2)7-5-8-12(3)9-6-10-13(4)14;1-2(3)4/h7,12-14H,5-6,8-10H2,1-4H3;1H3,(H,3,4). The highest BCUT2D eigenvalue weighted by Crippen LogP contribution is 2.15. The maximum Gasteiger partial charge on any atom is 0.300 e. The van der Waals surface area contributed by atoms with E-state index >= 15 is 0 Å². The second kappa shape index (κ2) is 12.6. The first-order chi connectivity index (χ1) is 8.25. The Balaban J connectivity index is 0. The lowest BCUT2D eigenvalue weighted by Crippen LogP contribution is -2.01. The van der Waals surface area contributed by atoms with Gasteiger partial charge in [-0.2, -0.15) is 0 Å². The molecule has 0 radical (unpaired) electrons. The Bertz CT molecular complexity index is 224. The predicted octanol–water partition coefficient (Wildman–Crippen LogP) is 4.01. The van der Waals surface area contributed by atoms with E-state index in [9.17, 15) is 0 Å². The number of hydrogen-bond acceptors (Lipinski definition) is 2. The number of aliphatic carboxylic acids is 1. The molecule has 3 nitrogen and oxygen atoms in total. The fraction of sp³-hybridized carbons (Fsp3) is 0.800. The van der Waals surface area contributed by atoms with Gasteiger partial charge in [-0.05, 0) is 46.0 Å². The van der Waals surface area contributed by atoms with Gasteiger partial charge in [0.2, 0.25) is 0 Å². The van der Waals surface area contributed by atoms with Crippen LogP contribution in [0.5, 0.6) is 0 Å². The van der Waals surface area contributed by atoms with Crippen LogP contribution in [0.2, 0.25) is 0 Å². The smallest absolute Gasteiger partial charge is 0.300 e. The van der Waals surface area contributed by atoms with Crippen molar-refractivity contribution in [2.45, 2.75) is 72.8 Å². The first kappa shape index (κ1) is 19.5. The molecule has 2 N–H and O–H groups in total. The van der Waals surface area contributed by atoms with Crippen molar-refractivity contribution >= 4 is 5.97 Å². The fourth-order valence-corrected chi connectivity index (χ4v) is 1.56. The molecule has 0 saturated heterocycles. The van der Waals surface area contributed by atoms with E-state index in [1.54, 1.807) is 0 Å². The minimum absolute atomic E-state index is 0.125. The molecule has 2 atom stereocenters. The summed E-state index contributed by atoms with van der Waals surface area (Å²) in [5, 5.41) is 16.5. The number of carboxylic acids is 1. The summed E-state index contributed by atoms with van der Waals surface area (Å²) < 4.78 is 0. The highest BCUT2D eigenvalue weighted by Gasteiger charge is 2.02. The van der Waals surface area contributed by atoms with Crippen LogP contribution in [0.15, 0.2) is 11.6 Å². The van der Waals surface area contributed by atoms with Crippen LogP contribution >= 0.6 is 0 Å².